The molecule has 1 amide bonds. The largest absolute Gasteiger partial charge is 0.484 e. The van der Waals surface area contributed by atoms with Crippen molar-refractivity contribution in [2.24, 2.45) is 5.73 Å². The van der Waals surface area contributed by atoms with E-state index in [0.29, 0.717) is 0 Å². The second-order valence-electron chi connectivity index (χ2n) is 3.88. The number of carbonyl (C=O) groups excluding carboxylic acids is 1. The van der Waals surface area contributed by atoms with Gasteiger partial charge in [0.15, 0.2) is 6.61 Å². The maximum atomic E-state index is 12.8. The zero-order valence-corrected chi connectivity index (χ0v) is 10.3. The van der Waals surface area contributed by atoms with Crippen LogP contribution >= 0.6 is 0 Å². The van der Waals surface area contributed by atoms with Crippen molar-refractivity contribution in [1.29, 1.82) is 0 Å². The normalized spacial score (nSPS) is 10.9. The number of amides is 1. The van der Waals surface area contributed by atoms with Gasteiger partial charge in [-0.3, -0.25) is 14.9 Å². The lowest BCUT2D eigenvalue weighted by atomic mass is 10.3. The van der Waals surface area contributed by atoms with E-state index < -0.39 is 36.4 Å². The standard InChI is InChI=1S/C11H13F2N3O4/c12-11(13,6-14)7-15-10(17)5-20-9-3-1-2-8(4-9)16(18)19/h1-4H,5-7,14H2,(H,15,17). The van der Waals surface area contributed by atoms with Crippen LogP contribution < -0.4 is 15.8 Å². The fourth-order valence-corrected chi connectivity index (χ4v) is 1.19. The molecule has 1 rings (SSSR count). The van der Waals surface area contributed by atoms with Crippen molar-refractivity contribution in [3.05, 3.63) is 34.4 Å². The van der Waals surface area contributed by atoms with Crippen LogP contribution in [0.3, 0.4) is 0 Å². The predicted molar refractivity (Wildman–Crippen MR) is 65.6 cm³/mol. The molecular weight excluding hydrogens is 276 g/mol. The molecule has 0 saturated heterocycles. The molecule has 0 spiro atoms. The van der Waals surface area contributed by atoms with Gasteiger partial charge in [-0.2, -0.15) is 0 Å². The quantitative estimate of drug-likeness (QED) is 0.567. The summed E-state index contributed by atoms with van der Waals surface area (Å²) in [5, 5.41) is 12.5. The van der Waals surface area contributed by atoms with E-state index in [1.54, 1.807) is 0 Å². The van der Waals surface area contributed by atoms with E-state index in [9.17, 15) is 23.7 Å². The molecule has 0 unspecified atom stereocenters. The van der Waals surface area contributed by atoms with Crippen LogP contribution in [-0.2, 0) is 4.79 Å². The second kappa shape index (κ2) is 6.75. The third-order valence-corrected chi connectivity index (χ3v) is 2.24. The van der Waals surface area contributed by atoms with E-state index in [2.05, 4.69) is 0 Å². The Balaban J connectivity index is 2.45. The van der Waals surface area contributed by atoms with Gasteiger partial charge in [0.2, 0.25) is 0 Å². The molecule has 0 aromatic heterocycles. The highest BCUT2D eigenvalue weighted by atomic mass is 19.3. The molecule has 110 valence electrons. The van der Waals surface area contributed by atoms with Crippen LogP contribution in [0.2, 0.25) is 0 Å². The number of nitrogens with one attached hydrogen (secondary N) is 1. The Morgan fingerprint density at radius 2 is 2.20 bits per heavy atom. The Bertz CT molecular complexity index is 496. The summed E-state index contributed by atoms with van der Waals surface area (Å²) >= 11 is 0. The Morgan fingerprint density at radius 1 is 1.50 bits per heavy atom. The monoisotopic (exact) mass is 289 g/mol. The van der Waals surface area contributed by atoms with E-state index in [4.69, 9.17) is 10.5 Å². The van der Waals surface area contributed by atoms with Crippen molar-refractivity contribution >= 4 is 11.6 Å². The number of nitro groups is 1. The molecule has 0 aliphatic rings. The Kier molecular flexibility index (Phi) is 5.32. The number of rotatable bonds is 7. The lowest BCUT2D eigenvalue weighted by Crippen LogP contribution is -2.43. The van der Waals surface area contributed by atoms with E-state index in [-0.39, 0.29) is 11.4 Å². The molecule has 9 heteroatoms. The minimum absolute atomic E-state index is 0.0972. The van der Waals surface area contributed by atoms with Crippen LogP contribution in [0.5, 0.6) is 5.75 Å². The summed E-state index contributed by atoms with van der Waals surface area (Å²) in [6.07, 6.45) is 0. The number of non-ortho nitro benzene ring substituents is 1. The molecule has 0 atom stereocenters. The highest BCUT2D eigenvalue weighted by Gasteiger charge is 2.27. The van der Waals surface area contributed by atoms with Gasteiger partial charge >= 0.3 is 0 Å². The number of nitro benzene ring substituents is 1. The third-order valence-electron chi connectivity index (χ3n) is 2.24. The molecule has 0 saturated carbocycles. The van der Waals surface area contributed by atoms with Crippen molar-refractivity contribution in [1.82, 2.24) is 5.32 Å². The Morgan fingerprint density at radius 3 is 2.80 bits per heavy atom. The summed E-state index contributed by atoms with van der Waals surface area (Å²) in [5.74, 6) is -3.86. The van der Waals surface area contributed by atoms with Crippen molar-refractivity contribution in [3.63, 3.8) is 0 Å². The summed E-state index contributed by atoms with van der Waals surface area (Å²) in [6.45, 7) is -2.29. The van der Waals surface area contributed by atoms with Crippen molar-refractivity contribution in [2.45, 2.75) is 5.92 Å². The average Bonchev–Trinajstić information content (AvgIpc) is 2.43. The van der Waals surface area contributed by atoms with Gasteiger partial charge in [0, 0.05) is 6.07 Å². The van der Waals surface area contributed by atoms with Crippen LogP contribution in [0.25, 0.3) is 0 Å². The third kappa shape index (κ3) is 5.14. The summed E-state index contributed by atoms with van der Waals surface area (Å²) in [5.41, 5.74) is 4.61. The number of alkyl halides is 2. The SMILES string of the molecule is NCC(F)(F)CNC(=O)COc1cccc([N+](=O)[O-])c1. The summed E-state index contributed by atoms with van der Waals surface area (Å²) < 4.78 is 30.5. The van der Waals surface area contributed by atoms with Crippen LogP contribution in [0.15, 0.2) is 24.3 Å². The molecule has 1 aromatic carbocycles. The zero-order chi connectivity index (χ0) is 15.2. The van der Waals surface area contributed by atoms with Crippen LogP contribution in [0.1, 0.15) is 0 Å². The number of carbonyl (C=O) groups is 1. The smallest absolute Gasteiger partial charge is 0.277 e. The fourth-order valence-electron chi connectivity index (χ4n) is 1.19. The molecule has 0 aliphatic carbocycles. The van der Waals surface area contributed by atoms with Gasteiger partial charge in [0.05, 0.1) is 24.1 Å². The van der Waals surface area contributed by atoms with Crippen LogP contribution in [-0.4, -0.2) is 36.4 Å². The van der Waals surface area contributed by atoms with Gasteiger partial charge in [0.1, 0.15) is 5.75 Å². The zero-order valence-electron chi connectivity index (χ0n) is 10.3. The topological polar surface area (TPSA) is 107 Å². The second-order valence-corrected chi connectivity index (χ2v) is 3.88. The maximum absolute atomic E-state index is 12.8. The first-order valence-corrected chi connectivity index (χ1v) is 5.56. The summed E-state index contributed by atoms with van der Waals surface area (Å²) in [4.78, 5) is 21.2. The molecule has 7 nitrogen and oxygen atoms in total. The number of halogens is 2. The fraction of sp³-hybridized carbons (Fsp3) is 0.364. The Labute approximate surface area is 112 Å². The number of nitrogens with two attached hydrogens (primary N) is 1. The number of hydrogen-bond donors (Lipinski definition) is 2. The van der Waals surface area contributed by atoms with Gasteiger partial charge in [-0.1, -0.05) is 6.07 Å². The first-order chi connectivity index (χ1) is 9.34. The molecule has 0 fully saturated rings. The molecule has 0 aliphatic heterocycles. The highest BCUT2D eigenvalue weighted by Crippen LogP contribution is 2.18. The highest BCUT2D eigenvalue weighted by molar-refractivity contribution is 5.77. The van der Waals surface area contributed by atoms with E-state index in [1.165, 1.54) is 18.2 Å². The van der Waals surface area contributed by atoms with Gasteiger partial charge < -0.3 is 15.8 Å². The molecule has 0 radical (unpaired) electrons. The first kappa shape index (κ1) is 15.8. The van der Waals surface area contributed by atoms with Crippen LogP contribution in [0, 0.1) is 10.1 Å². The van der Waals surface area contributed by atoms with Gasteiger partial charge in [0.25, 0.3) is 17.5 Å². The number of ether oxygens (including phenoxy) is 1. The molecule has 1 aromatic rings. The molecule has 3 N–H and O–H groups in total. The summed E-state index contributed by atoms with van der Waals surface area (Å²) in [7, 11) is 0. The van der Waals surface area contributed by atoms with Gasteiger partial charge in [-0.05, 0) is 6.07 Å². The average molecular weight is 289 g/mol. The maximum Gasteiger partial charge on any atom is 0.277 e. The number of benzene rings is 1. The number of nitrogens with zero attached hydrogens (tertiary/aromatic N) is 1. The van der Waals surface area contributed by atoms with Crippen molar-refractivity contribution in [2.75, 3.05) is 19.7 Å². The van der Waals surface area contributed by atoms with Crippen LogP contribution in [0.4, 0.5) is 14.5 Å². The Hall–Kier alpha value is -2.29. The molecule has 20 heavy (non-hydrogen) atoms. The molecule has 0 bridgehead atoms. The first-order valence-electron chi connectivity index (χ1n) is 5.56. The lowest BCUT2D eigenvalue weighted by Gasteiger charge is -2.14. The van der Waals surface area contributed by atoms with E-state index in [0.717, 1.165) is 6.07 Å². The minimum Gasteiger partial charge on any atom is -0.484 e. The minimum atomic E-state index is -3.18. The van der Waals surface area contributed by atoms with Gasteiger partial charge in [-0.15, -0.1) is 0 Å². The predicted octanol–water partition coefficient (Wildman–Crippen LogP) is 0.684. The van der Waals surface area contributed by atoms with E-state index >= 15 is 0 Å². The van der Waals surface area contributed by atoms with Gasteiger partial charge in [-0.25, -0.2) is 8.78 Å². The lowest BCUT2D eigenvalue weighted by molar-refractivity contribution is -0.384. The van der Waals surface area contributed by atoms with Crippen molar-refractivity contribution < 1.29 is 23.2 Å². The molecule has 0 heterocycles. The molecular formula is C11H13F2N3O4. The number of hydrogen-bond acceptors (Lipinski definition) is 5. The van der Waals surface area contributed by atoms with E-state index in [1.807, 2.05) is 5.32 Å². The van der Waals surface area contributed by atoms with Crippen molar-refractivity contribution in [3.8, 4) is 5.75 Å². The summed E-state index contributed by atoms with van der Waals surface area (Å²) in [6, 6.07) is 5.18.